The van der Waals surface area contributed by atoms with E-state index < -0.39 is 15.9 Å². The number of rotatable bonds is 5. The zero-order valence-electron chi connectivity index (χ0n) is 17.5. The van der Waals surface area contributed by atoms with Crippen LogP contribution in [-0.4, -0.2) is 55.3 Å². The highest BCUT2D eigenvalue weighted by Crippen LogP contribution is 2.39. The molecule has 32 heavy (non-hydrogen) atoms. The van der Waals surface area contributed by atoms with Crippen LogP contribution in [0, 0.1) is 0 Å². The number of nitrogens with zero attached hydrogens (tertiary/aromatic N) is 3. The Hall–Kier alpha value is -2.98. The number of carbonyl (C=O) groups is 2. The summed E-state index contributed by atoms with van der Waals surface area (Å²) < 4.78 is 34.4. The summed E-state index contributed by atoms with van der Waals surface area (Å²) in [5.41, 5.74) is 8.14. The highest BCUT2D eigenvalue weighted by atomic mass is 32.2. The smallest absolute Gasteiger partial charge is 0.267 e. The topological polar surface area (TPSA) is 123 Å². The molecule has 1 atom stereocenters. The predicted molar refractivity (Wildman–Crippen MR) is 116 cm³/mol. The van der Waals surface area contributed by atoms with E-state index in [-0.39, 0.29) is 29.1 Å². The van der Waals surface area contributed by atoms with E-state index in [1.165, 1.54) is 16.6 Å². The molecule has 2 N–H and O–H groups in total. The molecular weight excluding hydrogens is 432 g/mol. The van der Waals surface area contributed by atoms with Gasteiger partial charge in [-0.1, -0.05) is 0 Å². The molecule has 1 unspecified atom stereocenters. The fourth-order valence-electron chi connectivity index (χ4n) is 4.76. The van der Waals surface area contributed by atoms with Gasteiger partial charge in [0.1, 0.15) is 17.5 Å². The lowest BCUT2D eigenvalue weighted by molar-refractivity contribution is -0.118. The molecule has 0 aliphatic carbocycles. The maximum atomic E-state index is 13.5. The minimum absolute atomic E-state index is 0.0995. The molecule has 1 fully saturated rings. The maximum absolute atomic E-state index is 13.5. The Kier molecular flexibility index (Phi) is 5.13. The number of piperidine rings is 1. The van der Waals surface area contributed by atoms with Gasteiger partial charge >= 0.3 is 0 Å². The van der Waals surface area contributed by atoms with Gasteiger partial charge in [-0.3, -0.25) is 14.6 Å². The van der Waals surface area contributed by atoms with Gasteiger partial charge in [-0.25, -0.2) is 8.42 Å². The van der Waals surface area contributed by atoms with Crippen LogP contribution in [0.25, 0.3) is 0 Å². The molecular formula is C22H24N4O5S. The minimum atomic E-state index is -3.71. The summed E-state index contributed by atoms with van der Waals surface area (Å²) in [7, 11) is -3.71. The van der Waals surface area contributed by atoms with E-state index in [9.17, 15) is 18.0 Å². The lowest BCUT2D eigenvalue weighted by atomic mass is 10.00. The van der Waals surface area contributed by atoms with Crippen LogP contribution in [0.1, 0.15) is 40.9 Å². The Labute approximate surface area is 186 Å². The monoisotopic (exact) mass is 456 g/mol. The van der Waals surface area contributed by atoms with Crippen LogP contribution in [0.4, 0.5) is 5.69 Å². The second-order valence-electron chi connectivity index (χ2n) is 8.37. The third kappa shape index (κ3) is 3.63. The number of pyridine rings is 1. The van der Waals surface area contributed by atoms with Crippen molar-refractivity contribution in [2.45, 2.75) is 43.1 Å². The maximum Gasteiger partial charge on any atom is 0.267 e. The lowest BCUT2D eigenvalue weighted by Crippen LogP contribution is -2.44. The quantitative estimate of drug-likeness (QED) is 0.722. The van der Waals surface area contributed by atoms with Crippen molar-refractivity contribution < 1.29 is 22.7 Å². The van der Waals surface area contributed by atoms with E-state index in [4.69, 9.17) is 10.5 Å². The molecule has 5 rings (SSSR count). The summed E-state index contributed by atoms with van der Waals surface area (Å²) in [6.07, 6.45) is 4.11. The average Bonchev–Trinajstić information content (AvgIpc) is 3.22. The summed E-state index contributed by atoms with van der Waals surface area (Å²) in [5, 5.41) is 0. The molecule has 3 aliphatic heterocycles. The van der Waals surface area contributed by atoms with Crippen molar-refractivity contribution in [3.63, 3.8) is 0 Å². The number of amides is 2. The van der Waals surface area contributed by atoms with Crippen molar-refractivity contribution in [2.75, 3.05) is 24.5 Å². The number of nitrogens with two attached hydrogens (primary N) is 1. The molecule has 0 saturated carbocycles. The van der Waals surface area contributed by atoms with Crippen molar-refractivity contribution in [3.05, 3.63) is 47.3 Å². The van der Waals surface area contributed by atoms with E-state index in [0.717, 1.165) is 16.8 Å². The zero-order valence-corrected chi connectivity index (χ0v) is 18.3. The zero-order chi connectivity index (χ0) is 22.5. The van der Waals surface area contributed by atoms with Crippen LogP contribution >= 0.6 is 0 Å². The second-order valence-corrected chi connectivity index (χ2v) is 10.3. The molecule has 2 amide bonds. The molecule has 0 spiro atoms. The van der Waals surface area contributed by atoms with Crippen molar-refractivity contribution in [1.29, 1.82) is 0 Å². The Morgan fingerprint density at radius 2 is 1.91 bits per heavy atom. The predicted octanol–water partition coefficient (Wildman–Crippen LogP) is 1.25. The van der Waals surface area contributed by atoms with Crippen LogP contribution in [0.15, 0.2) is 35.4 Å². The third-order valence-corrected chi connectivity index (χ3v) is 8.13. The Morgan fingerprint density at radius 1 is 1.12 bits per heavy atom. The molecule has 0 bridgehead atoms. The molecule has 1 aromatic heterocycles. The SMILES string of the molecule is NC(=O)c1cc(OC2CCCN(S(=O)(=O)c3cc4c5c(c3)CCN5C(=O)CC4)C2)ccn1. The fourth-order valence-corrected chi connectivity index (χ4v) is 6.37. The van der Waals surface area contributed by atoms with Crippen LogP contribution in [0.2, 0.25) is 0 Å². The first-order chi connectivity index (χ1) is 15.3. The highest BCUT2D eigenvalue weighted by molar-refractivity contribution is 7.89. The summed E-state index contributed by atoms with van der Waals surface area (Å²) in [5.74, 6) is -0.104. The second kappa shape index (κ2) is 7.86. The highest BCUT2D eigenvalue weighted by Gasteiger charge is 2.36. The van der Waals surface area contributed by atoms with Gasteiger partial charge < -0.3 is 15.4 Å². The number of hydrogen-bond donors (Lipinski definition) is 1. The Morgan fingerprint density at radius 3 is 2.69 bits per heavy atom. The number of ether oxygens (including phenoxy) is 1. The van der Waals surface area contributed by atoms with Gasteiger partial charge in [-0.05, 0) is 55.0 Å². The number of benzene rings is 1. The van der Waals surface area contributed by atoms with Gasteiger partial charge in [0, 0.05) is 31.8 Å². The molecule has 0 radical (unpaired) electrons. The number of hydrogen-bond acceptors (Lipinski definition) is 6. The van der Waals surface area contributed by atoms with Crippen molar-refractivity contribution in [3.8, 4) is 5.75 Å². The van der Waals surface area contributed by atoms with E-state index in [1.807, 2.05) is 0 Å². The van der Waals surface area contributed by atoms with Crippen molar-refractivity contribution >= 4 is 27.5 Å². The van der Waals surface area contributed by atoms with Crippen LogP contribution < -0.4 is 15.4 Å². The summed E-state index contributed by atoms with van der Waals surface area (Å²) in [4.78, 5) is 29.5. The Bertz CT molecular complexity index is 1210. The largest absolute Gasteiger partial charge is 0.489 e. The average molecular weight is 457 g/mol. The van der Waals surface area contributed by atoms with E-state index >= 15 is 0 Å². The summed E-state index contributed by atoms with van der Waals surface area (Å²) in [6, 6.07) is 6.54. The number of primary amides is 1. The van der Waals surface area contributed by atoms with E-state index in [0.29, 0.717) is 50.9 Å². The molecule has 1 saturated heterocycles. The Balaban J connectivity index is 1.37. The van der Waals surface area contributed by atoms with Crippen molar-refractivity contribution in [1.82, 2.24) is 9.29 Å². The van der Waals surface area contributed by atoms with Gasteiger partial charge in [-0.15, -0.1) is 0 Å². The van der Waals surface area contributed by atoms with Gasteiger partial charge in [0.05, 0.1) is 17.1 Å². The van der Waals surface area contributed by atoms with Crippen LogP contribution in [-0.2, 0) is 27.7 Å². The number of aromatic nitrogens is 1. The fraction of sp³-hybridized carbons (Fsp3) is 0.409. The van der Waals surface area contributed by atoms with Gasteiger partial charge in [0.15, 0.2) is 0 Å². The van der Waals surface area contributed by atoms with Crippen molar-refractivity contribution in [2.24, 2.45) is 5.73 Å². The molecule has 168 valence electrons. The van der Waals surface area contributed by atoms with Crippen LogP contribution in [0.3, 0.4) is 0 Å². The first-order valence-corrected chi connectivity index (χ1v) is 12.2. The van der Waals surface area contributed by atoms with Crippen LogP contribution in [0.5, 0.6) is 5.75 Å². The molecule has 9 nitrogen and oxygen atoms in total. The first-order valence-electron chi connectivity index (χ1n) is 10.7. The number of carbonyl (C=O) groups excluding carboxylic acids is 2. The third-order valence-electron chi connectivity index (χ3n) is 6.29. The van der Waals surface area contributed by atoms with E-state index in [2.05, 4.69) is 4.98 Å². The molecule has 2 aromatic rings. The summed E-state index contributed by atoms with van der Waals surface area (Å²) in [6.45, 7) is 1.25. The summed E-state index contributed by atoms with van der Waals surface area (Å²) >= 11 is 0. The first kappa shape index (κ1) is 20.9. The standard InChI is InChI=1S/C22H24N4O5S/c23-22(28)19-12-16(5-7-24-19)31-17-2-1-8-25(13-17)32(29,30)18-10-14-3-4-20(27)26-9-6-15(11-18)21(14)26/h5,7,10-12,17H,1-4,6,8-9,13H2,(H2,23,28). The lowest BCUT2D eigenvalue weighted by Gasteiger charge is -2.32. The van der Waals surface area contributed by atoms with Gasteiger partial charge in [0.2, 0.25) is 15.9 Å². The van der Waals surface area contributed by atoms with Gasteiger partial charge in [0.25, 0.3) is 5.91 Å². The van der Waals surface area contributed by atoms with Gasteiger partial charge in [-0.2, -0.15) is 4.31 Å². The molecule has 4 heterocycles. The molecule has 1 aromatic carbocycles. The molecule has 3 aliphatic rings. The number of anilines is 1. The minimum Gasteiger partial charge on any atom is -0.489 e. The molecule has 10 heteroatoms. The number of sulfonamides is 1. The van der Waals surface area contributed by atoms with E-state index in [1.54, 1.807) is 23.1 Å². The number of aryl methyl sites for hydroxylation is 1. The normalized spacial score (nSPS) is 20.8.